The number of carbonyl (C=O) groups is 1. The highest BCUT2D eigenvalue weighted by molar-refractivity contribution is 6.07. The van der Waals surface area contributed by atoms with Crippen molar-refractivity contribution in [3.63, 3.8) is 0 Å². The van der Waals surface area contributed by atoms with Gasteiger partial charge in [-0.15, -0.1) is 0 Å². The van der Waals surface area contributed by atoms with E-state index in [1.807, 2.05) is 62.1 Å². The van der Waals surface area contributed by atoms with Gasteiger partial charge in [0.1, 0.15) is 17.3 Å². The Morgan fingerprint density at radius 1 is 1.20 bits per heavy atom. The van der Waals surface area contributed by atoms with Crippen LogP contribution in [-0.4, -0.2) is 47.3 Å². The van der Waals surface area contributed by atoms with Gasteiger partial charge >= 0.3 is 0 Å². The molecule has 0 saturated carbocycles. The Balaban J connectivity index is 1.58. The monoisotopic (exact) mass is 475 g/mol. The number of methoxy groups -OCH3 is 1. The van der Waals surface area contributed by atoms with E-state index >= 15 is 0 Å². The molecule has 1 fully saturated rings. The van der Waals surface area contributed by atoms with Gasteiger partial charge in [0, 0.05) is 25.3 Å². The van der Waals surface area contributed by atoms with Gasteiger partial charge in [0.15, 0.2) is 0 Å². The lowest BCUT2D eigenvalue weighted by Gasteiger charge is -2.26. The Hall–Kier alpha value is -3.65. The second-order valence-electron chi connectivity index (χ2n) is 9.00. The minimum atomic E-state index is -0.124. The van der Waals surface area contributed by atoms with E-state index in [2.05, 4.69) is 10.1 Å². The van der Waals surface area contributed by atoms with Crippen LogP contribution in [-0.2, 0) is 11.3 Å². The predicted molar refractivity (Wildman–Crippen MR) is 130 cm³/mol. The number of pyridine rings is 1. The van der Waals surface area contributed by atoms with E-state index in [0.29, 0.717) is 41.1 Å². The molecule has 8 nitrogen and oxygen atoms in total. The Bertz CT molecular complexity index is 1370. The summed E-state index contributed by atoms with van der Waals surface area (Å²) in [5.41, 5.74) is 3.88. The molecule has 182 valence electrons. The number of aryl methyl sites for hydroxylation is 3. The summed E-state index contributed by atoms with van der Waals surface area (Å²) in [6.45, 7) is 7.22. The Labute approximate surface area is 203 Å². The van der Waals surface area contributed by atoms with Gasteiger partial charge < -0.3 is 23.3 Å². The number of benzene rings is 1. The number of nitrogens with zero attached hydrogens (tertiary/aromatic N) is 3. The maximum absolute atomic E-state index is 14.1. The summed E-state index contributed by atoms with van der Waals surface area (Å²) in [6, 6.07) is 11.5. The molecule has 4 heterocycles. The van der Waals surface area contributed by atoms with Crippen molar-refractivity contribution in [1.29, 1.82) is 0 Å². The zero-order valence-electron chi connectivity index (χ0n) is 20.5. The summed E-state index contributed by atoms with van der Waals surface area (Å²) in [5, 5.41) is 4.72. The molecule has 1 saturated heterocycles. The van der Waals surface area contributed by atoms with Crippen molar-refractivity contribution in [1.82, 2.24) is 15.0 Å². The van der Waals surface area contributed by atoms with Crippen LogP contribution in [0.3, 0.4) is 0 Å². The smallest absolute Gasteiger partial charge is 0.259 e. The van der Waals surface area contributed by atoms with Crippen molar-refractivity contribution in [2.75, 3.05) is 20.3 Å². The molecule has 0 bridgehead atoms. The van der Waals surface area contributed by atoms with Gasteiger partial charge in [-0.05, 0) is 63.4 Å². The van der Waals surface area contributed by atoms with E-state index in [9.17, 15) is 4.79 Å². The fraction of sp³-hybridized carbons (Fsp3) is 0.370. The molecule has 1 aromatic carbocycles. The SMILES string of the molecule is COc1cccc(CN(CC2CCCO2)C(=O)c2cc(-c3cc(C)oc3C)nc3onc(C)c23)c1. The van der Waals surface area contributed by atoms with Gasteiger partial charge in [-0.1, -0.05) is 17.3 Å². The van der Waals surface area contributed by atoms with Crippen molar-refractivity contribution < 1.29 is 23.2 Å². The second-order valence-corrected chi connectivity index (χ2v) is 9.00. The number of hydrogen-bond acceptors (Lipinski definition) is 7. The summed E-state index contributed by atoms with van der Waals surface area (Å²) in [5.74, 6) is 2.14. The molecule has 1 atom stereocenters. The highest BCUT2D eigenvalue weighted by Crippen LogP contribution is 2.31. The fourth-order valence-electron chi connectivity index (χ4n) is 4.70. The number of hydrogen-bond donors (Lipinski definition) is 0. The predicted octanol–water partition coefficient (Wildman–Crippen LogP) is 5.24. The van der Waals surface area contributed by atoms with Gasteiger partial charge in [0.25, 0.3) is 11.6 Å². The van der Waals surface area contributed by atoms with Crippen LogP contribution in [0.2, 0.25) is 0 Å². The van der Waals surface area contributed by atoms with E-state index < -0.39 is 0 Å². The minimum Gasteiger partial charge on any atom is -0.497 e. The number of aromatic nitrogens is 2. The third-order valence-corrected chi connectivity index (χ3v) is 6.41. The lowest BCUT2D eigenvalue weighted by atomic mass is 10.0. The molecule has 0 spiro atoms. The largest absolute Gasteiger partial charge is 0.497 e. The zero-order chi connectivity index (χ0) is 24.5. The maximum Gasteiger partial charge on any atom is 0.259 e. The van der Waals surface area contributed by atoms with Crippen LogP contribution in [0, 0.1) is 20.8 Å². The van der Waals surface area contributed by atoms with E-state index in [1.165, 1.54) is 0 Å². The number of furan rings is 1. The summed E-state index contributed by atoms with van der Waals surface area (Å²) >= 11 is 0. The highest BCUT2D eigenvalue weighted by Gasteiger charge is 2.28. The lowest BCUT2D eigenvalue weighted by molar-refractivity contribution is 0.0508. The van der Waals surface area contributed by atoms with Crippen LogP contribution < -0.4 is 4.74 Å². The van der Waals surface area contributed by atoms with Crippen molar-refractivity contribution in [3.05, 3.63) is 64.7 Å². The Kier molecular flexibility index (Phi) is 6.30. The van der Waals surface area contributed by atoms with Crippen molar-refractivity contribution in [2.24, 2.45) is 0 Å². The minimum absolute atomic E-state index is 0.00342. The molecule has 1 amide bonds. The van der Waals surface area contributed by atoms with E-state index in [4.69, 9.17) is 18.4 Å². The zero-order valence-corrected chi connectivity index (χ0v) is 20.5. The van der Waals surface area contributed by atoms with Crippen LogP contribution in [0.1, 0.15) is 46.0 Å². The van der Waals surface area contributed by atoms with Crippen LogP contribution in [0.5, 0.6) is 5.75 Å². The summed E-state index contributed by atoms with van der Waals surface area (Å²) < 4.78 is 22.5. The molecule has 0 aliphatic carbocycles. The number of amides is 1. The third kappa shape index (κ3) is 4.66. The summed E-state index contributed by atoms with van der Waals surface area (Å²) in [6.07, 6.45) is 1.93. The van der Waals surface area contributed by atoms with Crippen LogP contribution in [0.4, 0.5) is 0 Å². The summed E-state index contributed by atoms with van der Waals surface area (Å²) in [4.78, 5) is 20.6. The highest BCUT2D eigenvalue weighted by atomic mass is 16.5. The lowest BCUT2D eigenvalue weighted by Crippen LogP contribution is -2.37. The first-order valence-corrected chi connectivity index (χ1v) is 11.8. The van der Waals surface area contributed by atoms with Gasteiger partial charge in [0.2, 0.25) is 0 Å². The molecule has 1 aliphatic rings. The standard InChI is InChI=1S/C27H29N3O5/c1-16-11-22(18(3)34-16)24-13-23(25-17(2)29-35-26(25)28-24)27(31)30(15-21-9-6-10-33-21)14-19-7-5-8-20(12-19)32-4/h5,7-8,11-13,21H,6,9-10,14-15H2,1-4H3. The molecule has 8 heteroatoms. The number of fused-ring (bicyclic) bond motifs is 1. The normalized spacial score (nSPS) is 15.6. The van der Waals surface area contributed by atoms with Crippen molar-refractivity contribution in [2.45, 2.75) is 46.3 Å². The first-order valence-electron chi connectivity index (χ1n) is 11.8. The van der Waals surface area contributed by atoms with Gasteiger partial charge in [-0.2, -0.15) is 0 Å². The molecular weight excluding hydrogens is 446 g/mol. The molecule has 5 rings (SSSR count). The molecule has 0 N–H and O–H groups in total. The molecule has 0 radical (unpaired) electrons. The maximum atomic E-state index is 14.1. The quantitative estimate of drug-likeness (QED) is 0.361. The van der Waals surface area contributed by atoms with Gasteiger partial charge in [0.05, 0.1) is 35.6 Å². The van der Waals surface area contributed by atoms with E-state index in [-0.39, 0.29) is 12.0 Å². The van der Waals surface area contributed by atoms with E-state index in [1.54, 1.807) is 7.11 Å². The van der Waals surface area contributed by atoms with Gasteiger partial charge in [-0.3, -0.25) is 4.79 Å². The molecule has 35 heavy (non-hydrogen) atoms. The first kappa shape index (κ1) is 23.1. The Morgan fingerprint density at radius 2 is 2.06 bits per heavy atom. The number of rotatable bonds is 7. The topological polar surface area (TPSA) is 90.8 Å². The Morgan fingerprint density at radius 3 is 2.77 bits per heavy atom. The van der Waals surface area contributed by atoms with Crippen LogP contribution in [0.15, 0.2) is 45.3 Å². The molecule has 3 aromatic heterocycles. The summed E-state index contributed by atoms with van der Waals surface area (Å²) in [7, 11) is 1.64. The average molecular weight is 476 g/mol. The van der Waals surface area contributed by atoms with Crippen molar-refractivity contribution >= 4 is 17.0 Å². The van der Waals surface area contributed by atoms with Crippen molar-refractivity contribution in [3.8, 4) is 17.0 Å². The second kappa shape index (κ2) is 9.54. The molecule has 1 unspecified atom stereocenters. The third-order valence-electron chi connectivity index (χ3n) is 6.41. The van der Waals surface area contributed by atoms with Crippen LogP contribution >= 0.6 is 0 Å². The molecule has 4 aromatic rings. The first-order chi connectivity index (χ1) is 16.9. The fourth-order valence-corrected chi connectivity index (χ4v) is 4.70. The molecule has 1 aliphatic heterocycles. The molecular formula is C27H29N3O5. The average Bonchev–Trinajstić information content (AvgIpc) is 3.58. The number of ether oxygens (including phenoxy) is 2. The van der Waals surface area contributed by atoms with E-state index in [0.717, 1.165) is 47.8 Å². The number of carbonyl (C=O) groups excluding carboxylic acids is 1. The van der Waals surface area contributed by atoms with Gasteiger partial charge in [-0.25, -0.2) is 4.98 Å². The van der Waals surface area contributed by atoms with Crippen LogP contribution in [0.25, 0.3) is 22.4 Å².